The lowest BCUT2D eigenvalue weighted by atomic mass is 9.88. The molecule has 0 bridgehead atoms. The van der Waals surface area contributed by atoms with Crippen LogP contribution < -0.4 is 10.6 Å². The van der Waals surface area contributed by atoms with E-state index in [1.54, 1.807) is 11.3 Å². The average molecular weight is 197 g/mol. The highest BCUT2D eigenvalue weighted by molar-refractivity contribution is 7.13. The molecular formula is C9H15N3S. The molecule has 0 aromatic carbocycles. The standard InChI is InChI=1S/C9H15N3S/c1-9(2)6-10-5-7(9)12-8-11-3-4-13-8/h3-4,7,10H,5-6H2,1-2H3,(H,11,12)/t7-/m1/s1. The number of rotatable bonds is 2. The van der Waals surface area contributed by atoms with Crippen LogP contribution in [-0.2, 0) is 0 Å². The lowest BCUT2D eigenvalue weighted by molar-refractivity contribution is 0.380. The minimum Gasteiger partial charge on any atom is -0.357 e. The summed E-state index contributed by atoms with van der Waals surface area (Å²) in [7, 11) is 0. The van der Waals surface area contributed by atoms with Crippen molar-refractivity contribution >= 4 is 16.5 Å². The smallest absolute Gasteiger partial charge is 0.182 e. The van der Waals surface area contributed by atoms with Crippen molar-refractivity contribution in [2.24, 2.45) is 5.41 Å². The van der Waals surface area contributed by atoms with Crippen LogP contribution in [0.15, 0.2) is 11.6 Å². The van der Waals surface area contributed by atoms with Gasteiger partial charge in [-0.1, -0.05) is 13.8 Å². The molecule has 13 heavy (non-hydrogen) atoms. The zero-order chi connectivity index (χ0) is 9.31. The van der Waals surface area contributed by atoms with Gasteiger partial charge < -0.3 is 10.6 Å². The summed E-state index contributed by atoms with van der Waals surface area (Å²) in [6, 6.07) is 0.499. The van der Waals surface area contributed by atoms with Crippen molar-refractivity contribution in [3.63, 3.8) is 0 Å². The molecule has 0 aliphatic carbocycles. The number of thiazole rings is 1. The highest BCUT2D eigenvalue weighted by Crippen LogP contribution is 2.27. The summed E-state index contributed by atoms with van der Waals surface area (Å²) in [4.78, 5) is 4.22. The maximum absolute atomic E-state index is 4.22. The Hall–Kier alpha value is -0.610. The summed E-state index contributed by atoms with van der Waals surface area (Å²) in [5, 5.41) is 9.87. The maximum atomic E-state index is 4.22. The molecule has 1 aromatic heterocycles. The first-order valence-electron chi connectivity index (χ1n) is 4.55. The van der Waals surface area contributed by atoms with Crippen LogP contribution in [0.5, 0.6) is 0 Å². The van der Waals surface area contributed by atoms with E-state index in [1.807, 2.05) is 11.6 Å². The predicted molar refractivity (Wildman–Crippen MR) is 56.2 cm³/mol. The molecule has 4 heteroatoms. The molecule has 2 rings (SSSR count). The second-order valence-corrected chi connectivity index (χ2v) is 5.05. The van der Waals surface area contributed by atoms with Gasteiger partial charge in [-0.25, -0.2) is 4.98 Å². The van der Waals surface area contributed by atoms with E-state index in [1.165, 1.54) is 0 Å². The topological polar surface area (TPSA) is 37.0 Å². The summed E-state index contributed by atoms with van der Waals surface area (Å²) in [6.45, 7) is 6.67. The molecule has 1 aliphatic rings. The van der Waals surface area contributed by atoms with Crippen molar-refractivity contribution in [2.75, 3.05) is 18.4 Å². The van der Waals surface area contributed by atoms with Crippen LogP contribution in [0.2, 0.25) is 0 Å². The van der Waals surface area contributed by atoms with Crippen LogP contribution >= 0.6 is 11.3 Å². The third kappa shape index (κ3) is 1.84. The van der Waals surface area contributed by atoms with Gasteiger partial charge >= 0.3 is 0 Å². The van der Waals surface area contributed by atoms with E-state index in [-0.39, 0.29) is 0 Å². The number of hydrogen-bond acceptors (Lipinski definition) is 4. The van der Waals surface area contributed by atoms with E-state index in [4.69, 9.17) is 0 Å². The molecule has 1 aliphatic heterocycles. The molecule has 2 heterocycles. The van der Waals surface area contributed by atoms with Gasteiger partial charge in [0, 0.05) is 30.7 Å². The van der Waals surface area contributed by atoms with Gasteiger partial charge in [0.05, 0.1) is 0 Å². The van der Waals surface area contributed by atoms with Gasteiger partial charge in [0.25, 0.3) is 0 Å². The van der Waals surface area contributed by atoms with Crippen molar-refractivity contribution in [3.8, 4) is 0 Å². The molecule has 1 atom stereocenters. The molecule has 3 nitrogen and oxygen atoms in total. The quantitative estimate of drug-likeness (QED) is 0.755. The molecule has 0 saturated carbocycles. The van der Waals surface area contributed by atoms with Gasteiger partial charge in [-0.05, 0) is 5.41 Å². The van der Waals surface area contributed by atoms with Gasteiger partial charge in [0.2, 0.25) is 0 Å². The lowest BCUT2D eigenvalue weighted by Crippen LogP contribution is -2.34. The Labute approximate surface area is 82.6 Å². The van der Waals surface area contributed by atoms with E-state index in [0.717, 1.165) is 18.2 Å². The van der Waals surface area contributed by atoms with Crippen LogP contribution in [-0.4, -0.2) is 24.1 Å². The first-order chi connectivity index (χ1) is 6.18. The second-order valence-electron chi connectivity index (χ2n) is 4.15. The number of hydrogen-bond donors (Lipinski definition) is 2. The van der Waals surface area contributed by atoms with Crippen LogP contribution in [0, 0.1) is 5.41 Å². The Morgan fingerprint density at radius 3 is 3.08 bits per heavy atom. The highest BCUT2D eigenvalue weighted by Gasteiger charge is 2.34. The van der Waals surface area contributed by atoms with Gasteiger partial charge in [0.15, 0.2) is 5.13 Å². The fourth-order valence-corrected chi connectivity index (χ4v) is 2.21. The minimum absolute atomic E-state index is 0.325. The molecule has 2 N–H and O–H groups in total. The summed E-state index contributed by atoms with van der Waals surface area (Å²) in [6.07, 6.45) is 1.84. The first kappa shape index (κ1) is 8.97. The molecule has 0 radical (unpaired) electrons. The molecule has 0 spiro atoms. The van der Waals surface area contributed by atoms with Crippen molar-refractivity contribution in [1.29, 1.82) is 0 Å². The molecule has 0 unspecified atom stereocenters. The van der Waals surface area contributed by atoms with Crippen molar-refractivity contribution in [3.05, 3.63) is 11.6 Å². The van der Waals surface area contributed by atoms with Crippen LogP contribution in [0.25, 0.3) is 0 Å². The zero-order valence-electron chi connectivity index (χ0n) is 8.00. The average Bonchev–Trinajstić information content (AvgIpc) is 2.63. The maximum Gasteiger partial charge on any atom is 0.182 e. The molecule has 72 valence electrons. The zero-order valence-corrected chi connectivity index (χ0v) is 8.82. The largest absolute Gasteiger partial charge is 0.357 e. The number of aromatic nitrogens is 1. The van der Waals surface area contributed by atoms with Gasteiger partial charge in [-0.2, -0.15) is 0 Å². The van der Waals surface area contributed by atoms with E-state index in [0.29, 0.717) is 11.5 Å². The Balaban J connectivity index is 2.02. The SMILES string of the molecule is CC1(C)CNC[C@H]1Nc1nccs1. The highest BCUT2D eigenvalue weighted by atomic mass is 32.1. The molecular weight excluding hydrogens is 182 g/mol. The number of anilines is 1. The van der Waals surface area contributed by atoms with E-state index < -0.39 is 0 Å². The van der Waals surface area contributed by atoms with Gasteiger partial charge in [0.1, 0.15) is 0 Å². The van der Waals surface area contributed by atoms with Crippen molar-refractivity contribution in [1.82, 2.24) is 10.3 Å². The van der Waals surface area contributed by atoms with E-state index >= 15 is 0 Å². The fourth-order valence-electron chi connectivity index (χ4n) is 1.63. The molecule has 1 fully saturated rings. The fraction of sp³-hybridized carbons (Fsp3) is 0.667. The third-order valence-corrected chi connectivity index (χ3v) is 3.31. The van der Waals surface area contributed by atoms with Crippen LogP contribution in [0.1, 0.15) is 13.8 Å². The summed E-state index contributed by atoms with van der Waals surface area (Å²) in [5.41, 5.74) is 0.325. The van der Waals surface area contributed by atoms with Crippen molar-refractivity contribution in [2.45, 2.75) is 19.9 Å². The first-order valence-corrected chi connectivity index (χ1v) is 5.43. The third-order valence-electron chi connectivity index (χ3n) is 2.60. The number of nitrogens with zero attached hydrogens (tertiary/aromatic N) is 1. The van der Waals surface area contributed by atoms with E-state index in [2.05, 4.69) is 29.5 Å². The Bertz CT molecular complexity index is 268. The second kappa shape index (κ2) is 3.27. The van der Waals surface area contributed by atoms with Crippen LogP contribution in [0.3, 0.4) is 0 Å². The van der Waals surface area contributed by atoms with Crippen molar-refractivity contribution < 1.29 is 0 Å². The lowest BCUT2D eigenvalue weighted by Gasteiger charge is -2.26. The normalized spacial score (nSPS) is 26.2. The monoisotopic (exact) mass is 197 g/mol. The Kier molecular flexibility index (Phi) is 2.26. The summed E-state index contributed by atoms with van der Waals surface area (Å²) >= 11 is 1.66. The minimum atomic E-state index is 0.325. The van der Waals surface area contributed by atoms with Gasteiger partial charge in [-0.15, -0.1) is 11.3 Å². The summed E-state index contributed by atoms with van der Waals surface area (Å²) in [5.74, 6) is 0. The van der Waals surface area contributed by atoms with Gasteiger partial charge in [-0.3, -0.25) is 0 Å². The number of nitrogens with one attached hydrogen (secondary N) is 2. The Morgan fingerprint density at radius 2 is 2.54 bits per heavy atom. The molecule has 0 amide bonds. The Morgan fingerprint density at radius 1 is 1.69 bits per heavy atom. The predicted octanol–water partition coefficient (Wildman–Crippen LogP) is 1.55. The summed E-state index contributed by atoms with van der Waals surface area (Å²) < 4.78 is 0. The molecule has 1 saturated heterocycles. The molecule has 1 aromatic rings. The van der Waals surface area contributed by atoms with Crippen LogP contribution in [0.4, 0.5) is 5.13 Å². The van der Waals surface area contributed by atoms with E-state index in [9.17, 15) is 0 Å².